The van der Waals surface area contributed by atoms with E-state index >= 15 is 0 Å². The average Bonchev–Trinajstić information content (AvgIpc) is 2.74. The van der Waals surface area contributed by atoms with Gasteiger partial charge in [0.1, 0.15) is 0 Å². The molecule has 0 atom stereocenters. The Labute approximate surface area is 191 Å². The molecule has 1 N–H and O–H groups in total. The minimum Gasteiger partial charge on any atom is -0.300 e. The molecule has 0 aliphatic carbocycles. The summed E-state index contributed by atoms with van der Waals surface area (Å²) in [5.74, 6) is -0.0279. The van der Waals surface area contributed by atoms with Gasteiger partial charge in [0.25, 0.3) is 0 Å². The molecule has 1 fully saturated rings. The molecule has 9 heteroatoms. The molecule has 166 valence electrons. The third kappa shape index (κ3) is 7.34. The molecular formula is C21H29Cl2N3O3S. The zero-order valence-electron chi connectivity index (χ0n) is 17.0. The van der Waals surface area contributed by atoms with E-state index in [2.05, 4.69) is 38.8 Å². The highest BCUT2D eigenvalue weighted by Crippen LogP contribution is 2.14. The van der Waals surface area contributed by atoms with Gasteiger partial charge in [-0.1, -0.05) is 42.5 Å². The molecular weight excluding hydrogens is 445 g/mol. The normalized spacial score (nSPS) is 15.1. The predicted octanol–water partition coefficient (Wildman–Crippen LogP) is 2.83. The number of carbonyl (C=O) groups excluding carboxylic acids is 1. The Morgan fingerprint density at radius 1 is 0.933 bits per heavy atom. The number of hydrogen-bond donors (Lipinski definition) is 1. The molecule has 1 heterocycles. The van der Waals surface area contributed by atoms with E-state index in [4.69, 9.17) is 0 Å². The first-order chi connectivity index (χ1) is 13.5. The molecule has 6 nitrogen and oxygen atoms in total. The van der Waals surface area contributed by atoms with Crippen LogP contribution in [0.3, 0.4) is 0 Å². The van der Waals surface area contributed by atoms with Crippen molar-refractivity contribution in [3.8, 4) is 0 Å². The molecule has 1 saturated heterocycles. The smallest absolute Gasteiger partial charge is 0.240 e. The van der Waals surface area contributed by atoms with Gasteiger partial charge in [0, 0.05) is 51.3 Å². The van der Waals surface area contributed by atoms with Crippen LogP contribution >= 0.6 is 24.8 Å². The van der Waals surface area contributed by atoms with Gasteiger partial charge < -0.3 is 4.90 Å². The highest BCUT2D eigenvalue weighted by Gasteiger charge is 2.19. The summed E-state index contributed by atoms with van der Waals surface area (Å²) in [6.07, 6.45) is 0.391. The first-order valence-electron chi connectivity index (χ1n) is 9.53. The largest absolute Gasteiger partial charge is 0.300 e. The zero-order valence-corrected chi connectivity index (χ0v) is 19.4. The fourth-order valence-electron chi connectivity index (χ4n) is 3.37. The average molecular weight is 474 g/mol. The number of hydrogen-bond acceptors (Lipinski definition) is 5. The van der Waals surface area contributed by atoms with Gasteiger partial charge in [-0.3, -0.25) is 9.69 Å². The molecule has 3 rings (SSSR count). The highest BCUT2D eigenvalue weighted by molar-refractivity contribution is 7.89. The van der Waals surface area contributed by atoms with E-state index in [-0.39, 0.29) is 35.5 Å². The number of nitrogens with one attached hydrogen (secondary N) is 1. The van der Waals surface area contributed by atoms with Gasteiger partial charge in [-0.2, -0.15) is 0 Å². The summed E-state index contributed by atoms with van der Waals surface area (Å²) in [7, 11) is -2.18. The van der Waals surface area contributed by atoms with Crippen LogP contribution in [0.2, 0.25) is 0 Å². The minimum atomic E-state index is -3.54. The van der Waals surface area contributed by atoms with E-state index in [9.17, 15) is 13.2 Å². The van der Waals surface area contributed by atoms with E-state index < -0.39 is 10.0 Å². The molecule has 0 unspecified atom stereocenters. The van der Waals surface area contributed by atoms with Crippen molar-refractivity contribution in [1.29, 1.82) is 0 Å². The summed E-state index contributed by atoms with van der Waals surface area (Å²) in [6.45, 7) is 5.50. The first-order valence-corrected chi connectivity index (χ1v) is 11.0. The molecule has 0 saturated carbocycles. The van der Waals surface area contributed by atoms with Gasteiger partial charge in [0.15, 0.2) is 5.78 Å². The van der Waals surface area contributed by atoms with E-state index in [0.717, 1.165) is 32.7 Å². The van der Waals surface area contributed by atoms with Gasteiger partial charge in [-0.15, -0.1) is 24.8 Å². The molecule has 0 amide bonds. The maximum Gasteiger partial charge on any atom is 0.240 e. The minimum absolute atomic E-state index is 0. The van der Waals surface area contributed by atoms with Crippen molar-refractivity contribution < 1.29 is 13.2 Å². The van der Waals surface area contributed by atoms with Crippen molar-refractivity contribution in [1.82, 2.24) is 14.5 Å². The Bertz CT molecular complexity index is 903. The number of piperazine rings is 1. The van der Waals surface area contributed by atoms with Crippen molar-refractivity contribution in [2.75, 3.05) is 39.8 Å². The van der Waals surface area contributed by atoms with E-state index in [1.807, 2.05) is 6.07 Å². The van der Waals surface area contributed by atoms with Crippen LogP contribution < -0.4 is 4.72 Å². The third-order valence-electron chi connectivity index (χ3n) is 5.10. The summed E-state index contributed by atoms with van der Waals surface area (Å²) >= 11 is 0. The first kappa shape index (κ1) is 26.6. The summed E-state index contributed by atoms with van der Waals surface area (Å²) in [5.41, 5.74) is 1.77. The maximum atomic E-state index is 12.5. The lowest BCUT2D eigenvalue weighted by atomic mass is 10.1. The maximum absolute atomic E-state index is 12.5. The lowest BCUT2D eigenvalue weighted by Gasteiger charge is -2.34. The Kier molecular flexibility index (Phi) is 11.0. The van der Waals surface area contributed by atoms with Crippen LogP contribution in [-0.4, -0.2) is 63.8 Å². The summed E-state index contributed by atoms with van der Waals surface area (Å²) in [5, 5.41) is 0. The predicted molar refractivity (Wildman–Crippen MR) is 124 cm³/mol. The lowest BCUT2D eigenvalue weighted by Crippen LogP contribution is -2.46. The summed E-state index contributed by atoms with van der Waals surface area (Å²) < 4.78 is 26.1. The lowest BCUT2D eigenvalue weighted by molar-refractivity contribution is 0.0922. The Hall–Kier alpha value is -1.48. The molecule has 30 heavy (non-hydrogen) atoms. The summed E-state index contributed by atoms with van der Waals surface area (Å²) in [6, 6.07) is 16.7. The van der Waals surface area contributed by atoms with Crippen molar-refractivity contribution in [2.45, 2.75) is 17.9 Å². The summed E-state index contributed by atoms with van der Waals surface area (Å²) in [4.78, 5) is 17.4. The van der Waals surface area contributed by atoms with Crippen LogP contribution in [0, 0.1) is 0 Å². The zero-order chi connectivity index (χ0) is 20.0. The standard InChI is InChI=1S/C21H27N3O3S.2ClH/c1-22-28(26,27)20-9-5-8-19(16-20)21(25)10-11-23-12-14-24(15-13-23)17-18-6-3-2-4-7-18;;/h2-9,16,22H,10-15,17H2,1H3;2*1H. The van der Waals surface area contributed by atoms with Gasteiger partial charge >= 0.3 is 0 Å². The fourth-order valence-corrected chi connectivity index (χ4v) is 4.15. The molecule has 0 aromatic heterocycles. The molecule has 0 bridgehead atoms. The van der Waals surface area contributed by atoms with Gasteiger partial charge in [-0.05, 0) is 24.7 Å². The van der Waals surface area contributed by atoms with Crippen molar-refractivity contribution in [3.05, 3.63) is 65.7 Å². The molecule has 2 aromatic carbocycles. The quantitative estimate of drug-likeness (QED) is 0.596. The SMILES string of the molecule is CNS(=O)(=O)c1cccc(C(=O)CCN2CCN(Cc3ccccc3)CC2)c1.Cl.Cl. The number of rotatable bonds is 8. The van der Waals surface area contributed by atoms with E-state index in [1.165, 1.54) is 24.7 Å². The van der Waals surface area contributed by atoms with Crippen LogP contribution in [0.15, 0.2) is 59.5 Å². The number of benzene rings is 2. The Morgan fingerprint density at radius 2 is 1.57 bits per heavy atom. The number of ketones is 1. The second-order valence-electron chi connectivity index (χ2n) is 7.01. The van der Waals surface area contributed by atoms with Crippen LogP contribution in [0.5, 0.6) is 0 Å². The van der Waals surface area contributed by atoms with Crippen LogP contribution in [-0.2, 0) is 16.6 Å². The van der Waals surface area contributed by atoms with E-state index in [0.29, 0.717) is 18.5 Å². The van der Waals surface area contributed by atoms with Crippen molar-refractivity contribution >= 4 is 40.6 Å². The number of carbonyl (C=O) groups is 1. The monoisotopic (exact) mass is 473 g/mol. The molecule has 1 aliphatic rings. The van der Waals surface area contributed by atoms with Crippen LogP contribution in [0.4, 0.5) is 0 Å². The van der Waals surface area contributed by atoms with Gasteiger partial charge in [0.05, 0.1) is 4.90 Å². The number of nitrogens with zero attached hydrogens (tertiary/aromatic N) is 2. The van der Waals surface area contributed by atoms with Gasteiger partial charge in [0.2, 0.25) is 10.0 Å². The van der Waals surface area contributed by atoms with Crippen LogP contribution in [0.25, 0.3) is 0 Å². The topological polar surface area (TPSA) is 69.7 Å². The number of halogens is 2. The number of sulfonamides is 1. The van der Waals surface area contributed by atoms with Crippen molar-refractivity contribution in [3.63, 3.8) is 0 Å². The second kappa shape index (κ2) is 12.4. The molecule has 0 radical (unpaired) electrons. The Morgan fingerprint density at radius 3 is 2.20 bits per heavy atom. The van der Waals surface area contributed by atoms with E-state index in [1.54, 1.807) is 12.1 Å². The second-order valence-corrected chi connectivity index (χ2v) is 8.90. The Balaban J connectivity index is 0.00000225. The third-order valence-corrected chi connectivity index (χ3v) is 6.52. The van der Waals surface area contributed by atoms with Crippen LogP contribution in [0.1, 0.15) is 22.3 Å². The highest BCUT2D eigenvalue weighted by atomic mass is 35.5. The molecule has 2 aromatic rings. The molecule has 1 aliphatic heterocycles. The van der Waals surface area contributed by atoms with Crippen molar-refractivity contribution in [2.24, 2.45) is 0 Å². The number of Topliss-reactive ketones (excluding diaryl/α,β-unsaturated/α-hetero) is 1. The molecule has 0 spiro atoms. The fraction of sp³-hybridized carbons (Fsp3) is 0.381. The van der Waals surface area contributed by atoms with Gasteiger partial charge in [-0.25, -0.2) is 13.1 Å².